The van der Waals surface area contributed by atoms with Crippen LogP contribution in [-0.2, 0) is 29.2 Å². The number of hydrogen-bond donors (Lipinski definition) is 1. The lowest BCUT2D eigenvalue weighted by Gasteiger charge is -2.37. The van der Waals surface area contributed by atoms with Crippen molar-refractivity contribution in [2.24, 2.45) is 0 Å². The number of H-pyrrole nitrogens is 1. The minimum absolute atomic E-state index is 0.148. The van der Waals surface area contributed by atoms with Gasteiger partial charge in [0.15, 0.2) is 20.2 Å². The van der Waals surface area contributed by atoms with Crippen LogP contribution in [0.3, 0.4) is 0 Å². The fourth-order valence-electron chi connectivity index (χ4n) is 3.60. The Morgan fingerprint density at radius 1 is 1.31 bits per heavy atom. The lowest BCUT2D eigenvalue weighted by Crippen LogP contribution is -2.61. The van der Waals surface area contributed by atoms with Crippen LogP contribution in [0.4, 0.5) is 4.39 Å². The first-order valence-electron chi connectivity index (χ1n) is 10.5. The Balaban J connectivity index is 2.65. The molecule has 0 unspecified atom stereocenters. The SMILES string of the molecule is CCC(=O)[C@@]1(n2ccc(=O)[nH]c2=O)O[C@H](CO[Si](C)(C)C(C)(C)C)[C@@H](OC(C)=O)[C@@]1(C)F. The molecule has 0 bridgehead atoms. The van der Waals surface area contributed by atoms with E-state index in [0.29, 0.717) is 0 Å². The molecular weight excluding hydrogens is 439 g/mol. The van der Waals surface area contributed by atoms with E-state index in [1.165, 1.54) is 6.92 Å². The van der Waals surface area contributed by atoms with E-state index >= 15 is 4.39 Å². The molecule has 1 aromatic heterocycles. The van der Waals surface area contributed by atoms with Gasteiger partial charge in [0.05, 0.1) is 6.61 Å². The summed E-state index contributed by atoms with van der Waals surface area (Å²) >= 11 is 0. The van der Waals surface area contributed by atoms with Crippen LogP contribution in [0.1, 0.15) is 48.0 Å². The van der Waals surface area contributed by atoms with Crippen LogP contribution in [-0.4, -0.2) is 54.1 Å². The van der Waals surface area contributed by atoms with Gasteiger partial charge in [0.2, 0.25) is 11.4 Å². The monoisotopic (exact) mass is 472 g/mol. The van der Waals surface area contributed by atoms with E-state index in [9.17, 15) is 19.2 Å². The summed E-state index contributed by atoms with van der Waals surface area (Å²) in [6.45, 7) is 13.6. The molecule has 32 heavy (non-hydrogen) atoms. The number of ether oxygens (including phenoxy) is 2. The highest BCUT2D eigenvalue weighted by atomic mass is 28.4. The maximum absolute atomic E-state index is 16.5. The fourth-order valence-corrected chi connectivity index (χ4v) is 4.62. The number of ketones is 1. The Labute approximate surface area is 187 Å². The van der Waals surface area contributed by atoms with Crippen molar-refractivity contribution in [1.82, 2.24) is 9.55 Å². The molecule has 1 aliphatic heterocycles. The Bertz CT molecular complexity index is 995. The highest BCUT2D eigenvalue weighted by Gasteiger charge is 2.71. The third-order valence-corrected chi connectivity index (χ3v) is 10.9. The summed E-state index contributed by atoms with van der Waals surface area (Å²) < 4.78 is 34.7. The van der Waals surface area contributed by atoms with Gasteiger partial charge in [0, 0.05) is 25.6 Å². The summed E-state index contributed by atoms with van der Waals surface area (Å²) in [4.78, 5) is 51.1. The van der Waals surface area contributed by atoms with Crippen molar-refractivity contribution < 1.29 is 27.9 Å². The number of alkyl halides is 1. The van der Waals surface area contributed by atoms with E-state index in [1.807, 2.05) is 38.8 Å². The second-order valence-corrected chi connectivity index (χ2v) is 14.5. The number of nitrogens with one attached hydrogen (secondary N) is 1. The number of aromatic nitrogens is 2. The van der Waals surface area contributed by atoms with Crippen LogP contribution < -0.4 is 11.2 Å². The quantitative estimate of drug-likeness (QED) is 0.478. The number of nitrogens with zero attached hydrogens (tertiary/aromatic N) is 1. The lowest BCUT2D eigenvalue weighted by molar-refractivity contribution is -0.182. The number of hydrogen-bond acceptors (Lipinski definition) is 7. The number of carbonyl (C=O) groups excluding carboxylic acids is 2. The van der Waals surface area contributed by atoms with Crippen LogP contribution in [0.5, 0.6) is 0 Å². The molecule has 0 saturated carbocycles. The van der Waals surface area contributed by atoms with E-state index < -0.39 is 54.9 Å². The van der Waals surface area contributed by atoms with Crippen molar-refractivity contribution >= 4 is 20.1 Å². The number of rotatable bonds is 7. The zero-order valence-corrected chi connectivity index (χ0v) is 20.9. The molecule has 11 heteroatoms. The molecule has 2 rings (SSSR count). The summed E-state index contributed by atoms with van der Waals surface area (Å²) in [6, 6.07) is 0.992. The largest absolute Gasteiger partial charge is 0.456 e. The van der Waals surface area contributed by atoms with Crippen LogP contribution in [0.15, 0.2) is 21.9 Å². The molecule has 0 aromatic carbocycles. The number of carbonyl (C=O) groups is 2. The molecule has 2 heterocycles. The molecular formula is C21H33FN2O7Si. The van der Waals surface area contributed by atoms with Crippen molar-refractivity contribution in [2.45, 2.75) is 89.7 Å². The Hall–Kier alpha value is -2.11. The average molecular weight is 473 g/mol. The first-order chi connectivity index (χ1) is 14.5. The molecule has 180 valence electrons. The van der Waals surface area contributed by atoms with Gasteiger partial charge in [-0.1, -0.05) is 27.7 Å². The fraction of sp³-hybridized carbons (Fsp3) is 0.714. The molecule has 1 N–H and O–H groups in total. The molecule has 0 spiro atoms. The van der Waals surface area contributed by atoms with E-state index in [4.69, 9.17) is 13.9 Å². The molecule has 1 aliphatic rings. The summed E-state index contributed by atoms with van der Waals surface area (Å²) in [7, 11) is -2.31. The van der Waals surface area contributed by atoms with Crippen molar-refractivity contribution in [2.75, 3.05) is 6.61 Å². The predicted octanol–water partition coefficient (Wildman–Crippen LogP) is 2.25. The van der Waals surface area contributed by atoms with Crippen molar-refractivity contribution in [3.05, 3.63) is 33.1 Å². The molecule has 0 amide bonds. The number of Topliss-reactive ketones (excluding diaryl/α,β-unsaturated/α-hetero) is 1. The Morgan fingerprint density at radius 2 is 1.91 bits per heavy atom. The second-order valence-electron chi connectivity index (χ2n) is 9.73. The van der Waals surface area contributed by atoms with Gasteiger partial charge in [-0.05, 0) is 25.1 Å². The molecule has 0 aliphatic carbocycles. The molecule has 1 fully saturated rings. The third kappa shape index (κ3) is 4.37. The Kier molecular flexibility index (Phi) is 7.09. The molecule has 1 aromatic rings. The Morgan fingerprint density at radius 3 is 2.38 bits per heavy atom. The summed E-state index contributed by atoms with van der Waals surface area (Å²) in [5.41, 5.74) is -6.83. The molecule has 9 nitrogen and oxygen atoms in total. The smallest absolute Gasteiger partial charge is 0.331 e. The third-order valence-electron chi connectivity index (χ3n) is 6.43. The van der Waals surface area contributed by atoms with Crippen molar-refractivity contribution in [3.8, 4) is 0 Å². The van der Waals surface area contributed by atoms with Crippen molar-refractivity contribution in [1.29, 1.82) is 0 Å². The highest BCUT2D eigenvalue weighted by Crippen LogP contribution is 2.49. The lowest BCUT2D eigenvalue weighted by atomic mass is 9.85. The second kappa shape index (κ2) is 8.68. The van der Waals surface area contributed by atoms with Crippen LogP contribution in [0.2, 0.25) is 18.1 Å². The summed E-state index contributed by atoms with van der Waals surface area (Å²) in [5, 5.41) is -0.159. The van der Waals surface area contributed by atoms with E-state index in [-0.39, 0.29) is 18.1 Å². The average Bonchev–Trinajstić information content (AvgIpc) is 2.86. The minimum Gasteiger partial charge on any atom is -0.456 e. The maximum Gasteiger partial charge on any atom is 0.331 e. The highest BCUT2D eigenvalue weighted by molar-refractivity contribution is 6.74. The zero-order chi connectivity index (χ0) is 24.7. The van der Waals surface area contributed by atoms with Gasteiger partial charge < -0.3 is 13.9 Å². The number of halogens is 1. The first-order valence-corrected chi connectivity index (χ1v) is 13.5. The van der Waals surface area contributed by atoms with Gasteiger partial charge >= 0.3 is 11.7 Å². The maximum atomic E-state index is 16.5. The normalized spacial score (nSPS) is 28.5. The predicted molar refractivity (Wildman–Crippen MR) is 118 cm³/mol. The summed E-state index contributed by atoms with van der Waals surface area (Å²) in [5.74, 6) is -1.52. The van der Waals surface area contributed by atoms with Gasteiger partial charge in [0.1, 0.15) is 6.10 Å². The van der Waals surface area contributed by atoms with Crippen LogP contribution >= 0.6 is 0 Å². The molecule has 1 saturated heterocycles. The van der Waals surface area contributed by atoms with E-state index in [0.717, 1.165) is 30.7 Å². The van der Waals surface area contributed by atoms with Gasteiger partial charge in [-0.15, -0.1) is 0 Å². The number of esters is 1. The topological polar surface area (TPSA) is 117 Å². The van der Waals surface area contributed by atoms with Crippen LogP contribution in [0, 0.1) is 0 Å². The van der Waals surface area contributed by atoms with Gasteiger partial charge in [0.25, 0.3) is 5.56 Å². The first kappa shape index (κ1) is 26.1. The van der Waals surface area contributed by atoms with Gasteiger partial charge in [-0.25, -0.2) is 9.18 Å². The van der Waals surface area contributed by atoms with E-state index in [1.54, 1.807) is 0 Å². The van der Waals surface area contributed by atoms with Crippen LogP contribution in [0.25, 0.3) is 0 Å². The van der Waals surface area contributed by atoms with E-state index in [2.05, 4.69) is 0 Å². The van der Waals surface area contributed by atoms with Gasteiger partial charge in [-0.2, -0.15) is 0 Å². The molecule has 4 atom stereocenters. The summed E-state index contributed by atoms with van der Waals surface area (Å²) in [6.07, 6.45) is -1.86. The van der Waals surface area contributed by atoms with Gasteiger partial charge in [-0.3, -0.25) is 23.9 Å². The molecule has 0 radical (unpaired) electrons. The standard InChI is InChI=1S/C21H33FN2O7Si/c1-9-15(26)21(24-11-10-16(27)23-18(24)28)20(6,22)17(30-13(2)25)14(31-21)12-29-32(7,8)19(3,4)5/h10-11,14,17H,9,12H2,1-8H3,(H,23,27,28)/t14-,17-,20-,21-/m1/s1. The van der Waals surface area contributed by atoms with Crippen molar-refractivity contribution in [3.63, 3.8) is 0 Å². The zero-order valence-electron chi connectivity index (χ0n) is 19.9. The number of aromatic amines is 1. The minimum atomic E-state index is -2.64.